The van der Waals surface area contributed by atoms with Crippen LogP contribution in [0.2, 0.25) is 0 Å². The van der Waals surface area contributed by atoms with Crippen LogP contribution in [0, 0.1) is 6.92 Å². The van der Waals surface area contributed by atoms with Crippen LogP contribution >= 0.6 is 0 Å². The molecule has 0 saturated carbocycles. The van der Waals surface area contributed by atoms with E-state index >= 15 is 0 Å². The van der Waals surface area contributed by atoms with Gasteiger partial charge in [-0.25, -0.2) is 0 Å². The summed E-state index contributed by atoms with van der Waals surface area (Å²) in [6.07, 6.45) is 4.91. The maximum absolute atomic E-state index is 12.2. The van der Waals surface area contributed by atoms with Crippen molar-refractivity contribution in [2.24, 2.45) is 0 Å². The number of aryl methyl sites for hydroxylation is 1. The Morgan fingerprint density at radius 2 is 1.95 bits per heavy atom. The Labute approximate surface area is 134 Å². The first-order valence-electron chi connectivity index (χ1n) is 8.36. The number of nitrogens with one attached hydrogen (secondary N) is 1. The average Bonchev–Trinajstić information content (AvgIpc) is 2.99. The first-order chi connectivity index (χ1) is 10.6. The quantitative estimate of drug-likeness (QED) is 0.787. The second-order valence-electron chi connectivity index (χ2n) is 6.41. The Bertz CT molecular complexity index is 493. The van der Waals surface area contributed by atoms with Gasteiger partial charge >= 0.3 is 0 Å². The van der Waals surface area contributed by atoms with Gasteiger partial charge in [0.2, 0.25) is 0 Å². The van der Waals surface area contributed by atoms with Gasteiger partial charge in [-0.05, 0) is 76.0 Å². The Hall–Kier alpha value is -1.55. The fourth-order valence-corrected chi connectivity index (χ4v) is 3.07. The summed E-state index contributed by atoms with van der Waals surface area (Å²) in [5.74, 6) is 0.0366. The molecule has 0 bridgehead atoms. The molecule has 1 aromatic rings. The second kappa shape index (κ2) is 8.18. The molecule has 0 aromatic heterocycles. The molecule has 0 unspecified atom stereocenters. The fraction of sp³-hybridized carbons (Fsp3) is 0.611. The lowest BCUT2D eigenvalue weighted by molar-refractivity contribution is 0.0952. The standard InChI is InChI=1S/C18H29N3O/c1-15-14-16(8-9-17(15)20(2)3)18(22)19-10-4-5-11-21-12-6-7-13-21/h8-9,14H,4-7,10-13H2,1-3H3,(H,19,22). The summed E-state index contributed by atoms with van der Waals surface area (Å²) in [5.41, 5.74) is 3.04. The van der Waals surface area contributed by atoms with Crippen LogP contribution in [0.4, 0.5) is 5.69 Å². The summed E-state index contributed by atoms with van der Waals surface area (Å²) in [5, 5.41) is 3.03. The first kappa shape index (κ1) is 16.8. The van der Waals surface area contributed by atoms with Gasteiger partial charge in [-0.3, -0.25) is 4.79 Å². The second-order valence-corrected chi connectivity index (χ2v) is 6.41. The zero-order chi connectivity index (χ0) is 15.9. The smallest absolute Gasteiger partial charge is 0.251 e. The zero-order valence-electron chi connectivity index (χ0n) is 14.2. The molecule has 4 nitrogen and oxygen atoms in total. The van der Waals surface area contributed by atoms with Gasteiger partial charge in [0.25, 0.3) is 5.91 Å². The van der Waals surface area contributed by atoms with E-state index in [1.54, 1.807) is 0 Å². The maximum atomic E-state index is 12.2. The van der Waals surface area contributed by atoms with E-state index in [1.165, 1.54) is 38.9 Å². The van der Waals surface area contributed by atoms with Crippen molar-refractivity contribution in [2.75, 3.05) is 45.2 Å². The van der Waals surface area contributed by atoms with Gasteiger partial charge in [-0.1, -0.05) is 0 Å². The Balaban J connectivity index is 1.71. The number of anilines is 1. The molecule has 1 fully saturated rings. The number of amides is 1. The van der Waals surface area contributed by atoms with Gasteiger partial charge in [0.05, 0.1) is 0 Å². The molecule has 122 valence electrons. The third kappa shape index (κ3) is 4.73. The van der Waals surface area contributed by atoms with E-state index in [0.717, 1.165) is 29.8 Å². The van der Waals surface area contributed by atoms with E-state index in [-0.39, 0.29) is 5.91 Å². The van der Waals surface area contributed by atoms with Crippen molar-refractivity contribution < 1.29 is 4.79 Å². The van der Waals surface area contributed by atoms with Crippen LogP contribution in [0.15, 0.2) is 18.2 Å². The Morgan fingerprint density at radius 1 is 1.23 bits per heavy atom. The van der Waals surface area contributed by atoms with E-state index in [0.29, 0.717) is 0 Å². The molecule has 1 aliphatic rings. The van der Waals surface area contributed by atoms with Crippen LogP contribution in [0.1, 0.15) is 41.6 Å². The monoisotopic (exact) mass is 303 g/mol. The summed E-state index contributed by atoms with van der Waals surface area (Å²) < 4.78 is 0. The van der Waals surface area contributed by atoms with Gasteiger partial charge in [-0.2, -0.15) is 0 Å². The van der Waals surface area contributed by atoms with Crippen molar-refractivity contribution in [3.05, 3.63) is 29.3 Å². The molecular formula is C18H29N3O. The van der Waals surface area contributed by atoms with Gasteiger partial charge in [0, 0.05) is 31.9 Å². The minimum Gasteiger partial charge on any atom is -0.377 e. The number of hydrogen-bond donors (Lipinski definition) is 1. The Morgan fingerprint density at radius 3 is 2.59 bits per heavy atom. The van der Waals surface area contributed by atoms with Gasteiger partial charge in [0.15, 0.2) is 0 Å². The van der Waals surface area contributed by atoms with Gasteiger partial charge in [-0.15, -0.1) is 0 Å². The van der Waals surface area contributed by atoms with Crippen molar-refractivity contribution in [3.8, 4) is 0 Å². The van der Waals surface area contributed by atoms with E-state index < -0.39 is 0 Å². The summed E-state index contributed by atoms with van der Waals surface area (Å²) >= 11 is 0. The molecule has 1 aliphatic heterocycles. The highest BCUT2D eigenvalue weighted by atomic mass is 16.1. The number of unbranched alkanes of at least 4 members (excludes halogenated alkanes) is 1. The van der Waals surface area contributed by atoms with Crippen molar-refractivity contribution >= 4 is 11.6 Å². The third-order valence-corrected chi connectivity index (χ3v) is 4.33. The van der Waals surface area contributed by atoms with E-state index in [2.05, 4.69) is 15.1 Å². The predicted octanol–water partition coefficient (Wildman–Crippen LogP) is 2.67. The minimum atomic E-state index is 0.0366. The van der Waals surface area contributed by atoms with Crippen LogP contribution in [0.5, 0.6) is 0 Å². The highest BCUT2D eigenvalue weighted by Gasteiger charge is 2.11. The van der Waals surface area contributed by atoms with Crippen LogP contribution in [0.25, 0.3) is 0 Å². The highest BCUT2D eigenvalue weighted by Crippen LogP contribution is 2.18. The summed E-state index contributed by atoms with van der Waals surface area (Å²) in [6.45, 7) is 6.49. The predicted molar refractivity (Wildman–Crippen MR) is 92.7 cm³/mol. The van der Waals surface area contributed by atoms with Crippen LogP contribution in [0.3, 0.4) is 0 Å². The lowest BCUT2D eigenvalue weighted by atomic mass is 10.1. The zero-order valence-corrected chi connectivity index (χ0v) is 14.2. The maximum Gasteiger partial charge on any atom is 0.251 e. The average molecular weight is 303 g/mol. The van der Waals surface area contributed by atoms with Gasteiger partial charge in [0.1, 0.15) is 0 Å². The molecule has 0 spiro atoms. The minimum absolute atomic E-state index is 0.0366. The fourth-order valence-electron chi connectivity index (χ4n) is 3.07. The molecule has 1 N–H and O–H groups in total. The molecule has 1 amide bonds. The molecular weight excluding hydrogens is 274 g/mol. The van der Waals surface area contributed by atoms with Crippen LogP contribution in [-0.2, 0) is 0 Å². The number of hydrogen-bond acceptors (Lipinski definition) is 3. The number of benzene rings is 1. The van der Waals surface area contributed by atoms with E-state index in [4.69, 9.17) is 0 Å². The van der Waals surface area contributed by atoms with Gasteiger partial charge < -0.3 is 15.1 Å². The third-order valence-electron chi connectivity index (χ3n) is 4.33. The lowest BCUT2D eigenvalue weighted by Crippen LogP contribution is -2.26. The summed E-state index contributed by atoms with van der Waals surface area (Å²) in [4.78, 5) is 16.7. The number of likely N-dealkylation sites (tertiary alicyclic amines) is 1. The van der Waals surface area contributed by atoms with Crippen molar-refractivity contribution in [2.45, 2.75) is 32.6 Å². The molecule has 0 radical (unpaired) electrons. The van der Waals surface area contributed by atoms with E-state index in [1.807, 2.05) is 39.2 Å². The van der Waals surface area contributed by atoms with Crippen molar-refractivity contribution in [1.29, 1.82) is 0 Å². The molecule has 4 heteroatoms. The van der Waals surface area contributed by atoms with Crippen LogP contribution in [-0.4, -0.2) is 51.1 Å². The highest BCUT2D eigenvalue weighted by molar-refractivity contribution is 5.94. The number of carbonyl (C=O) groups is 1. The largest absolute Gasteiger partial charge is 0.377 e. The molecule has 0 atom stereocenters. The van der Waals surface area contributed by atoms with Crippen molar-refractivity contribution in [1.82, 2.24) is 10.2 Å². The number of carbonyl (C=O) groups excluding carboxylic acids is 1. The van der Waals surface area contributed by atoms with Crippen molar-refractivity contribution in [3.63, 3.8) is 0 Å². The number of nitrogens with zero attached hydrogens (tertiary/aromatic N) is 2. The lowest BCUT2D eigenvalue weighted by Gasteiger charge is -2.16. The molecule has 1 heterocycles. The normalized spacial score (nSPS) is 15.0. The topological polar surface area (TPSA) is 35.6 Å². The molecule has 1 saturated heterocycles. The van der Waals surface area contributed by atoms with E-state index in [9.17, 15) is 4.79 Å². The molecule has 2 rings (SSSR count). The summed E-state index contributed by atoms with van der Waals surface area (Å²) in [6, 6.07) is 5.88. The first-order valence-corrected chi connectivity index (χ1v) is 8.36. The SMILES string of the molecule is Cc1cc(C(=O)NCCCCN2CCCC2)ccc1N(C)C. The summed E-state index contributed by atoms with van der Waals surface area (Å²) in [7, 11) is 4.03. The molecule has 1 aromatic carbocycles. The molecule has 0 aliphatic carbocycles. The molecule has 22 heavy (non-hydrogen) atoms. The Kier molecular flexibility index (Phi) is 6.25. The van der Waals surface area contributed by atoms with Crippen LogP contribution < -0.4 is 10.2 Å². The number of rotatable bonds is 7.